The first-order chi connectivity index (χ1) is 7.56. The third-order valence-corrected chi connectivity index (χ3v) is 2.18. The summed E-state index contributed by atoms with van der Waals surface area (Å²) in [6.45, 7) is 3.73. The highest BCUT2D eigenvalue weighted by Crippen LogP contribution is 2.27. The largest absolute Gasteiger partial charge is 0.493 e. The molecule has 0 bridgehead atoms. The number of benzene rings is 1. The fraction of sp³-hybridized carbons (Fsp3) is 0.364. The first-order valence-corrected chi connectivity index (χ1v) is 4.88. The summed E-state index contributed by atoms with van der Waals surface area (Å²) < 4.78 is 5.29. The molecule has 0 amide bonds. The summed E-state index contributed by atoms with van der Waals surface area (Å²) in [6, 6.07) is 3.10. The van der Waals surface area contributed by atoms with Crippen molar-refractivity contribution in [2.45, 2.75) is 20.3 Å². The lowest BCUT2D eigenvalue weighted by Gasteiger charge is -2.08. The number of nitro benzene ring substituents is 1. The predicted octanol–water partition coefficient (Wildman–Crippen LogP) is 2.18. The maximum Gasteiger partial charge on any atom is 0.276 e. The van der Waals surface area contributed by atoms with Crippen molar-refractivity contribution in [2.24, 2.45) is 0 Å². The second kappa shape index (κ2) is 5.25. The molecule has 0 heterocycles. The first-order valence-electron chi connectivity index (χ1n) is 4.88. The monoisotopic (exact) mass is 223 g/mol. The molecule has 0 fully saturated rings. The number of carbonyl (C=O) groups excluding carboxylic acids is 1. The zero-order valence-electron chi connectivity index (χ0n) is 9.23. The van der Waals surface area contributed by atoms with Gasteiger partial charge in [-0.3, -0.25) is 10.1 Å². The topological polar surface area (TPSA) is 69.4 Å². The maximum atomic E-state index is 10.7. The van der Waals surface area contributed by atoms with Crippen LogP contribution in [-0.2, 0) is 4.79 Å². The molecule has 0 N–H and O–H groups in total. The van der Waals surface area contributed by atoms with E-state index in [2.05, 4.69) is 0 Å². The van der Waals surface area contributed by atoms with E-state index in [4.69, 9.17) is 4.74 Å². The molecule has 0 aromatic heterocycles. The fourth-order valence-corrected chi connectivity index (χ4v) is 1.39. The van der Waals surface area contributed by atoms with Crippen LogP contribution in [0.25, 0.3) is 0 Å². The SMILES string of the molecule is Cc1cc(C)c([N+](=O)[O-])cc1OCCC=O. The van der Waals surface area contributed by atoms with Crippen molar-refractivity contribution in [3.05, 3.63) is 33.4 Å². The van der Waals surface area contributed by atoms with Gasteiger partial charge in [-0.15, -0.1) is 0 Å². The van der Waals surface area contributed by atoms with Gasteiger partial charge in [-0.05, 0) is 25.5 Å². The van der Waals surface area contributed by atoms with E-state index in [1.807, 2.05) is 6.92 Å². The van der Waals surface area contributed by atoms with Crippen LogP contribution in [-0.4, -0.2) is 17.8 Å². The second-order valence-electron chi connectivity index (χ2n) is 3.47. The molecule has 5 heteroatoms. The minimum absolute atomic E-state index is 0.0340. The highest BCUT2D eigenvalue weighted by Gasteiger charge is 2.14. The van der Waals surface area contributed by atoms with Gasteiger partial charge in [0.25, 0.3) is 5.69 Å². The molecule has 0 unspecified atom stereocenters. The quantitative estimate of drug-likeness (QED) is 0.332. The summed E-state index contributed by atoms with van der Waals surface area (Å²) in [5, 5.41) is 10.7. The minimum Gasteiger partial charge on any atom is -0.493 e. The van der Waals surface area contributed by atoms with E-state index in [1.54, 1.807) is 13.0 Å². The number of nitro groups is 1. The number of hydrogen-bond donors (Lipinski definition) is 0. The maximum absolute atomic E-state index is 10.7. The Morgan fingerprint density at radius 1 is 1.38 bits per heavy atom. The van der Waals surface area contributed by atoms with Gasteiger partial charge < -0.3 is 9.53 Å². The highest BCUT2D eigenvalue weighted by molar-refractivity contribution is 5.51. The van der Waals surface area contributed by atoms with Crippen LogP contribution in [0.2, 0.25) is 0 Å². The van der Waals surface area contributed by atoms with Gasteiger partial charge in [0.15, 0.2) is 0 Å². The van der Waals surface area contributed by atoms with E-state index < -0.39 is 4.92 Å². The Balaban J connectivity index is 2.95. The smallest absolute Gasteiger partial charge is 0.276 e. The standard InChI is InChI=1S/C11H13NO4/c1-8-6-9(2)11(16-5-3-4-13)7-10(8)12(14)15/h4,6-7H,3,5H2,1-2H3. The predicted molar refractivity (Wildman–Crippen MR) is 58.7 cm³/mol. The van der Waals surface area contributed by atoms with Gasteiger partial charge in [0.05, 0.1) is 17.6 Å². The molecule has 0 saturated carbocycles. The van der Waals surface area contributed by atoms with Gasteiger partial charge in [-0.2, -0.15) is 0 Å². The number of hydrogen-bond acceptors (Lipinski definition) is 4. The van der Waals surface area contributed by atoms with Gasteiger partial charge in [0.1, 0.15) is 12.0 Å². The van der Waals surface area contributed by atoms with E-state index in [0.29, 0.717) is 11.3 Å². The summed E-state index contributed by atoms with van der Waals surface area (Å²) in [5.74, 6) is 0.458. The van der Waals surface area contributed by atoms with E-state index >= 15 is 0 Å². The van der Waals surface area contributed by atoms with Crippen LogP contribution in [0.3, 0.4) is 0 Å². The molecule has 0 spiro atoms. The van der Waals surface area contributed by atoms with Crippen LogP contribution in [0.4, 0.5) is 5.69 Å². The van der Waals surface area contributed by atoms with E-state index in [-0.39, 0.29) is 18.7 Å². The van der Waals surface area contributed by atoms with Crippen LogP contribution in [0, 0.1) is 24.0 Å². The molecule has 0 atom stereocenters. The average Bonchev–Trinajstić information content (AvgIpc) is 2.21. The Kier molecular flexibility index (Phi) is 3.99. The van der Waals surface area contributed by atoms with E-state index in [1.165, 1.54) is 6.07 Å². The normalized spacial score (nSPS) is 9.88. The van der Waals surface area contributed by atoms with Crippen LogP contribution in [0.5, 0.6) is 5.75 Å². The molecule has 16 heavy (non-hydrogen) atoms. The molecule has 0 saturated heterocycles. The lowest BCUT2D eigenvalue weighted by atomic mass is 10.1. The molecule has 1 aromatic rings. The van der Waals surface area contributed by atoms with Crippen molar-refractivity contribution < 1.29 is 14.5 Å². The number of aldehydes is 1. The molecular formula is C11H13NO4. The molecular weight excluding hydrogens is 210 g/mol. The molecule has 5 nitrogen and oxygen atoms in total. The fourth-order valence-electron chi connectivity index (χ4n) is 1.39. The summed E-state index contributed by atoms with van der Waals surface area (Å²) >= 11 is 0. The Bertz CT molecular complexity index is 415. The van der Waals surface area contributed by atoms with Gasteiger partial charge in [-0.1, -0.05) is 0 Å². The van der Waals surface area contributed by atoms with Crippen molar-refractivity contribution in [3.8, 4) is 5.75 Å². The highest BCUT2D eigenvalue weighted by atomic mass is 16.6. The number of nitrogens with zero attached hydrogens (tertiary/aromatic N) is 1. The van der Waals surface area contributed by atoms with Gasteiger partial charge in [0.2, 0.25) is 0 Å². The summed E-state index contributed by atoms with van der Waals surface area (Å²) in [5.41, 5.74) is 1.46. The van der Waals surface area contributed by atoms with Gasteiger partial charge in [0, 0.05) is 12.0 Å². The van der Waals surface area contributed by atoms with Crippen molar-refractivity contribution in [1.82, 2.24) is 0 Å². The zero-order valence-corrected chi connectivity index (χ0v) is 9.23. The van der Waals surface area contributed by atoms with Crippen molar-refractivity contribution in [2.75, 3.05) is 6.61 Å². The van der Waals surface area contributed by atoms with Crippen LogP contribution >= 0.6 is 0 Å². The summed E-state index contributed by atoms with van der Waals surface area (Å²) in [4.78, 5) is 20.4. The van der Waals surface area contributed by atoms with Crippen LogP contribution in [0.1, 0.15) is 17.5 Å². The summed E-state index contributed by atoms with van der Waals surface area (Å²) in [7, 11) is 0. The lowest BCUT2D eigenvalue weighted by molar-refractivity contribution is -0.385. The first kappa shape index (κ1) is 12.2. The number of carbonyl (C=O) groups is 1. The Morgan fingerprint density at radius 3 is 2.62 bits per heavy atom. The third kappa shape index (κ3) is 2.79. The number of ether oxygens (including phenoxy) is 1. The number of aryl methyl sites for hydroxylation is 2. The second-order valence-corrected chi connectivity index (χ2v) is 3.47. The Hall–Kier alpha value is -1.91. The van der Waals surface area contributed by atoms with Crippen molar-refractivity contribution >= 4 is 12.0 Å². The third-order valence-electron chi connectivity index (χ3n) is 2.18. The van der Waals surface area contributed by atoms with Crippen molar-refractivity contribution in [1.29, 1.82) is 0 Å². The van der Waals surface area contributed by atoms with E-state index in [0.717, 1.165) is 11.8 Å². The molecule has 1 rings (SSSR count). The van der Waals surface area contributed by atoms with E-state index in [9.17, 15) is 14.9 Å². The number of rotatable bonds is 5. The van der Waals surface area contributed by atoms with Crippen LogP contribution in [0.15, 0.2) is 12.1 Å². The molecule has 0 aliphatic heterocycles. The molecule has 0 aliphatic rings. The van der Waals surface area contributed by atoms with Crippen LogP contribution < -0.4 is 4.74 Å². The molecule has 1 aromatic carbocycles. The molecule has 86 valence electrons. The van der Waals surface area contributed by atoms with Gasteiger partial charge >= 0.3 is 0 Å². The molecule has 0 radical (unpaired) electrons. The Morgan fingerprint density at radius 2 is 2.06 bits per heavy atom. The zero-order chi connectivity index (χ0) is 12.1. The summed E-state index contributed by atoms with van der Waals surface area (Å²) in [6.07, 6.45) is 1.03. The Labute approximate surface area is 93.2 Å². The van der Waals surface area contributed by atoms with Crippen molar-refractivity contribution in [3.63, 3.8) is 0 Å². The van der Waals surface area contributed by atoms with Gasteiger partial charge in [-0.25, -0.2) is 0 Å². The lowest BCUT2D eigenvalue weighted by Crippen LogP contribution is -2.01. The minimum atomic E-state index is -0.443. The average molecular weight is 223 g/mol. The molecule has 0 aliphatic carbocycles.